The first-order valence-electron chi connectivity index (χ1n) is 6.25. The molecule has 104 valence electrons. The standard InChI is InChI=1S/C14H19BrN2O2/c1-9(2)6-7-16-13(18)14(19)17-11-4-5-12(15)10(3)8-11/h4-5,8-9H,6-7H2,1-3H3,(H,16,18)(H,17,19). The number of anilines is 1. The summed E-state index contributed by atoms with van der Waals surface area (Å²) in [5, 5.41) is 5.18. The summed E-state index contributed by atoms with van der Waals surface area (Å²) in [4.78, 5) is 23.2. The van der Waals surface area contributed by atoms with Gasteiger partial charge in [0, 0.05) is 16.7 Å². The Morgan fingerprint density at radius 1 is 1.26 bits per heavy atom. The van der Waals surface area contributed by atoms with Crippen molar-refractivity contribution in [1.29, 1.82) is 0 Å². The van der Waals surface area contributed by atoms with E-state index in [-0.39, 0.29) is 0 Å². The first kappa shape index (κ1) is 15.7. The van der Waals surface area contributed by atoms with Gasteiger partial charge in [-0.1, -0.05) is 29.8 Å². The van der Waals surface area contributed by atoms with E-state index >= 15 is 0 Å². The summed E-state index contributed by atoms with van der Waals surface area (Å²) in [5.74, 6) is -0.732. The summed E-state index contributed by atoms with van der Waals surface area (Å²) in [6.07, 6.45) is 0.858. The van der Waals surface area contributed by atoms with Gasteiger partial charge in [0.1, 0.15) is 0 Å². The number of hydrogen-bond acceptors (Lipinski definition) is 2. The van der Waals surface area contributed by atoms with Crippen molar-refractivity contribution in [1.82, 2.24) is 5.32 Å². The lowest BCUT2D eigenvalue weighted by atomic mass is 10.1. The van der Waals surface area contributed by atoms with E-state index in [1.165, 1.54) is 0 Å². The number of carbonyl (C=O) groups is 2. The van der Waals surface area contributed by atoms with Gasteiger partial charge in [-0.3, -0.25) is 9.59 Å². The normalized spacial score (nSPS) is 10.4. The van der Waals surface area contributed by atoms with Gasteiger partial charge in [-0.05, 0) is 43.0 Å². The van der Waals surface area contributed by atoms with Crippen LogP contribution >= 0.6 is 15.9 Å². The molecule has 0 aliphatic carbocycles. The highest BCUT2D eigenvalue weighted by atomic mass is 79.9. The number of amides is 2. The van der Waals surface area contributed by atoms with Crippen molar-refractivity contribution in [3.05, 3.63) is 28.2 Å². The fraction of sp³-hybridized carbons (Fsp3) is 0.429. The van der Waals surface area contributed by atoms with Gasteiger partial charge in [-0.15, -0.1) is 0 Å². The van der Waals surface area contributed by atoms with Crippen LogP contribution in [0, 0.1) is 12.8 Å². The molecule has 5 heteroatoms. The van der Waals surface area contributed by atoms with Crippen LogP contribution in [0.25, 0.3) is 0 Å². The van der Waals surface area contributed by atoms with Crippen LogP contribution < -0.4 is 10.6 Å². The van der Waals surface area contributed by atoms with Crippen LogP contribution in [0.4, 0.5) is 5.69 Å². The Bertz CT molecular complexity index is 473. The number of aryl methyl sites for hydroxylation is 1. The van der Waals surface area contributed by atoms with Gasteiger partial charge in [0.25, 0.3) is 0 Å². The smallest absolute Gasteiger partial charge is 0.313 e. The molecule has 19 heavy (non-hydrogen) atoms. The molecular weight excluding hydrogens is 308 g/mol. The van der Waals surface area contributed by atoms with Gasteiger partial charge < -0.3 is 10.6 Å². The quantitative estimate of drug-likeness (QED) is 0.836. The zero-order chi connectivity index (χ0) is 14.4. The lowest BCUT2D eigenvalue weighted by Gasteiger charge is -2.08. The minimum absolute atomic E-state index is 0.498. The molecule has 0 saturated heterocycles. The monoisotopic (exact) mass is 326 g/mol. The molecule has 0 aromatic heterocycles. The number of rotatable bonds is 4. The first-order chi connectivity index (χ1) is 8.90. The van der Waals surface area contributed by atoms with Gasteiger partial charge in [-0.25, -0.2) is 0 Å². The van der Waals surface area contributed by atoms with Gasteiger partial charge in [-0.2, -0.15) is 0 Å². The minimum Gasteiger partial charge on any atom is -0.348 e. The Hall–Kier alpha value is -1.36. The van der Waals surface area contributed by atoms with Crippen LogP contribution in [0.2, 0.25) is 0 Å². The maximum atomic E-state index is 11.6. The van der Waals surface area contributed by atoms with E-state index in [2.05, 4.69) is 40.4 Å². The molecule has 1 aromatic rings. The molecule has 0 aliphatic heterocycles. The second kappa shape index (κ2) is 7.28. The third kappa shape index (κ3) is 5.42. The van der Waals surface area contributed by atoms with Gasteiger partial charge in [0.15, 0.2) is 0 Å². The molecule has 1 aromatic carbocycles. The Morgan fingerprint density at radius 2 is 1.95 bits per heavy atom. The number of halogens is 1. The molecule has 0 fully saturated rings. The number of nitrogens with one attached hydrogen (secondary N) is 2. The molecule has 0 bridgehead atoms. The molecule has 0 atom stereocenters. The molecule has 0 unspecified atom stereocenters. The van der Waals surface area contributed by atoms with Gasteiger partial charge in [0.2, 0.25) is 0 Å². The largest absolute Gasteiger partial charge is 0.348 e. The maximum Gasteiger partial charge on any atom is 0.313 e. The molecule has 1 rings (SSSR count). The zero-order valence-electron chi connectivity index (χ0n) is 11.4. The van der Waals surface area contributed by atoms with Crippen LogP contribution in [-0.2, 0) is 9.59 Å². The molecule has 4 nitrogen and oxygen atoms in total. The van der Waals surface area contributed by atoms with Crippen molar-refractivity contribution in [3.63, 3.8) is 0 Å². The first-order valence-corrected chi connectivity index (χ1v) is 7.04. The Kier molecular flexibility index (Phi) is 6.02. The summed E-state index contributed by atoms with van der Waals surface area (Å²) in [6.45, 7) is 6.57. The molecule has 0 spiro atoms. The van der Waals surface area contributed by atoms with E-state index in [1.54, 1.807) is 6.07 Å². The second-order valence-corrected chi connectivity index (χ2v) is 5.71. The van der Waals surface area contributed by atoms with Crippen LogP contribution in [0.3, 0.4) is 0 Å². The van der Waals surface area contributed by atoms with E-state index in [0.29, 0.717) is 18.2 Å². The predicted octanol–water partition coefficient (Wildman–Crippen LogP) is 2.86. The van der Waals surface area contributed by atoms with Crippen molar-refractivity contribution in [2.75, 3.05) is 11.9 Å². The molecule has 2 N–H and O–H groups in total. The van der Waals surface area contributed by atoms with Crippen molar-refractivity contribution >= 4 is 33.4 Å². The average Bonchev–Trinajstić information content (AvgIpc) is 2.33. The van der Waals surface area contributed by atoms with Crippen LogP contribution in [-0.4, -0.2) is 18.4 Å². The SMILES string of the molecule is Cc1cc(NC(=O)C(=O)NCCC(C)C)ccc1Br. The van der Waals surface area contributed by atoms with E-state index in [4.69, 9.17) is 0 Å². The maximum absolute atomic E-state index is 11.6. The fourth-order valence-electron chi connectivity index (χ4n) is 1.46. The highest BCUT2D eigenvalue weighted by Gasteiger charge is 2.13. The topological polar surface area (TPSA) is 58.2 Å². The fourth-order valence-corrected chi connectivity index (χ4v) is 1.71. The Balaban J connectivity index is 2.49. The lowest BCUT2D eigenvalue weighted by Crippen LogP contribution is -2.36. The molecule has 0 radical (unpaired) electrons. The second-order valence-electron chi connectivity index (χ2n) is 4.86. The molecular formula is C14H19BrN2O2. The highest BCUT2D eigenvalue weighted by molar-refractivity contribution is 9.10. The summed E-state index contributed by atoms with van der Waals surface area (Å²) < 4.78 is 0.965. The molecule has 0 aliphatic rings. The van der Waals surface area contributed by atoms with Crippen LogP contribution in [0.1, 0.15) is 25.8 Å². The summed E-state index contributed by atoms with van der Waals surface area (Å²) in [5.41, 5.74) is 1.61. The third-order valence-corrected chi connectivity index (χ3v) is 3.52. The lowest BCUT2D eigenvalue weighted by molar-refractivity contribution is -0.136. The van der Waals surface area contributed by atoms with E-state index < -0.39 is 11.8 Å². The number of benzene rings is 1. The Morgan fingerprint density at radius 3 is 2.53 bits per heavy atom. The highest BCUT2D eigenvalue weighted by Crippen LogP contribution is 2.19. The summed E-state index contributed by atoms with van der Waals surface area (Å²) in [7, 11) is 0. The molecule has 0 heterocycles. The van der Waals surface area contributed by atoms with Gasteiger partial charge in [0.05, 0.1) is 0 Å². The van der Waals surface area contributed by atoms with E-state index in [9.17, 15) is 9.59 Å². The molecule has 0 saturated carbocycles. The van der Waals surface area contributed by atoms with Gasteiger partial charge >= 0.3 is 11.8 Å². The zero-order valence-corrected chi connectivity index (χ0v) is 13.0. The summed E-state index contributed by atoms with van der Waals surface area (Å²) >= 11 is 3.38. The number of carbonyl (C=O) groups excluding carboxylic acids is 2. The predicted molar refractivity (Wildman–Crippen MR) is 80.0 cm³/mol. The van der Waals surface area contributed by atoms with E-state index in [1.807, 2.05) is 19.1 Å². The van der Waals surface area contributed by atoms with Crippen molar-refractivity contribution < 1.29 is 9.59 Å². The minimum atomic E-state index is -0.634. The van der Waals surface area contributed by atoms with Crippen LogP contribution in [0.15, 0.2) is 22.7 Å². The molecule has 2 amide bonds. The van der Waals surface area contributed by atoms with Crippen LogP contribution in [0.5, 0.6) is 0 Å². The van der Waals surface area contributed by atoms with Crippen molar-refractivity contribution in [2.45, 2.75) is 27.2 Å². The number of hydrogen-bond donors (Lipinski definition) is 2. The van der Waals surface area contributed by atoms with Crippen molar-refractivity contribution in [3.8, 4) is 0 Å². The van der Waals surface area contributed by atoms with Crippen molar-refractivity contribution in [2.24, 2.45) is 5.92 Å². The summed E-state index contributed by atoms with van der Waals surface area (Å²) in [6, 6.07) is 5.39. The third-order valence-electron chi connectivity index (χ3n) is 2.63. The van der Waals surface area contributed by atoms with E-state index in [0.717, 1.165) is 16.5 Å². The Labute approximate surface area is 122 Å². The average molecular weight is 327 g/mol.